The molecule has 1 spiro atoms. The Hall–Kier alpha value is -3.90. The molecule has 0 saturated heterocycles. The fourth-order valence-electron chi connectivity index (χ4n) is 6.30. The van der Waals surface area contributed by atoms with Crippen molar-refractivity contribution in [1.82, 2.24) is 0 Å². The first-order valence-electron chi connectivity index (χ1n) is 11.7. The Bertz CT molecular complexity index is 1520. The highest BCUT2D eigenvalue weighted by molar-refractivity contribution is 5.98. The fourth-order valence-corrected chi connectivity index (χ4v) is 6.30. The molecule has 0 aromatic heterocycles. The molecule has 2 aliphatic carbocycles. The number of benzene rings is 5. The van der Waals surface area contributed by atoms with E-state index in [1.807, 2.05) is 0 Å². The molecule has 33 heavy (non-hydrogen) atoms. The van der Waals surface area contributed by atoms with Gasteiger partial charge in [0.1, 0.15) is 0 Å². The summed E-state index contributed by atoms with van der Waals surface area (Å²) < 4.78 is 0. The lowest BCUT2D eigenvalue weighted by Crippen LogP contribution is -2.26. The summed E-state index contributed by atoms with van der Waals surface area (Å²) in [6, 6.07) is 40.8. The number of aryl methyl sites for hydroxylation is 2. The summed E-state index contributed by atoms with van der Waals surface area (Å²) in [5.74, 6) is 0. The predicted molar refractivity (Wildman–Crippen MR) is 138 cm³/mol. The Labute approximate surface area is 195 Å². The SMILES string of the molecule is Cc1ccc(-c2cccc3c2C2(c4ccccc4-c4ccccc42)c2ccccc2-3)cc1C. The van der Waals surface area contributed by atoms with Crippen molar-refractivity contribution < 1.29 is 0 Å². The van der Waals surface area contributed by atoms with E-state index in [1.54, 1.807) is 0 Å². The molecular formula is C33H24. The number of fused-ring (bicyclic) bond motifs is 10. The van der Waals surface area contributed by atoms with Crippen molar-refractivity contribution in [2.24, 2.45) is 0 Å². The summed E-state index contributed by atoms with van der Waals surface area (Å²) >= 11 is 0. The lowest BCUT2D eigenvalue weighted by atomic mass is 9.68. The first-order valence-corrected chi connectivity index (χ1v) is 11.7. The van der Waals surface area contributed by atoms with Crippen LogP contribution in [0.2, 0.25) is 0 Å². The van der Waals surface area contributed by atoms with Crippen LogP contribution in [0.5, 0.6) is 0 Å². The van der Waals surface area contributed by atoms with Crippen molar-refractivity contribution in [2.45, 2.75) is 19.3 Å². The third-order valence-corrected chi connectivity index (χ3v) is 7.83. The third-order valence-electron chi connectivity index (χ3n) is 7.83. The van der Waals surface area contributed by atoms with Crippen LogP contribution in [0.25, 0.3) is 33.4 Å². The van der Waals surface area contributed by atoms with E-state index in [-0.39, 0.29) is 5.41 Å². The summed E-state index contributed by atoms with van der Waals surface area (Å²) in [7, 11) is 0. The topological polar surface area (TPSA) is 0 Å². The molecule has 0 bridgehead atoms. The Balaban J connectivity index is 1.69. The average Bonchev–Trinajstić information content (AvgIpc) is 3.33. The second kappa shape index (κ2) is 6.56. The largest absolute Gasteiger partial charge is 0.0731 e. The molecule has 0 unspecified atom stereocenters. The predicted octanol–water partition coefficient (Wildman–Crippen LogP) is 8.31. The maximum absolute atomic E-state index is 2.36. The van der Waals surface area contributed by atoms with Gasteiger partial charge in [-0.05, 0) is 80.6 Å². The van der Waals surface area contributed by atoms with Gasteiger partial charge in [0, 0.05) is 0 Å². The highest BCUT2D eigenvalue weighted by Gasteiger charge is 2.52. The maximum atomic E-state index is 2.36. The van der Waals surface area contributed by atoms with Crippen molar-refractivity contribution in [1.29, 1.82) is 0 Å². The van der Waals surface area contributed by atoms with E-state index in [4.69, 9.17) is 0 Å². The van der Waals surface area contributed by atoms with Crippen LogP contribution in [0.15, 0.2) is 109 Å². The molecule has 5 aromatic rings. The molecule has 156 valence electrons. The zero-order valence-electron chi connectivity index (χ0n) is 18.9. The van der Waals surface area contributed by atoms with Gasteiger partial charge in [-0.3, -0.25) is 0 Å². The van der Waals surface area contributed by atoms with Gasteiger partial charge in [0.05, 0.1) is 5.41 Å². The van der Waals surface area contributed by atoms with Gasteiger partial charge < -0.3 is 0 Å². The molecule has 0 aliphatic heterocycles. The van der Waals surface area contributed by atoms with Gasteiger partial charge >= 0.3 is 0 Å². The van der Waals surface area contributed by atoms with E-state index in [1.165, 1.54) is 66.8 Å². The quantitative estimate of drug-likeness (QED) is 0.250. The molecule has 0 nitrogen and oxygen atoms in total. The van der Waals surface area contributed by atoms with Crippen molar-refractivity contribution in [2.75, 3.05) is 0 Å². The minimum atomic E-state index is -0.297. The van der Waals surface area contributed by atoms with Crippen molar-refractivity contribution in [3.63, 3.8) is 0 Å². The van der Waals surface area contributed by atoms with E-state index in [0.717, 1.165) is 0 Å². The van der Waals surface area contributed by atoms with E-state index in [2.05, 4.69) is 123 Å². The molecule has 0 heterocycles. The fraction of sp³-hybridized carbons (Fsp3) is 0.0909. The zero-order valence-corrected chi connectivity index (χ0v) is 18.9. The van der Waals surface area contributed by atoms with Gasteiger partial charge in [-0.15, -0.1) is 0 Å². The van der Waals surface area contributed by atoms with Gasteiger partial charge in [0.25, 0.3) is 0 Å². The molecule has 7 rings (SSSR count). The summed E-state index contributed by atoms with van der Waals surface area (Å²) in [5, 5.41) is 0. The number of hydrogen-bond acceptors (Lipinski definition) is 0. The van der Waals surface area contributed by atoms with Crippen LogP contribution in [0, 0.1) is 13.8 Å². The van der Waals surface area contributed by atoms with E-state index in [0.29, 0.717) is 0 Å². The molecule has 5 aromatic carbocycles. The monoisotopic (exact) mass is 420 g/mol. The minimum Gasteiger partial charge on any atom is -0.0619 e. The van der Waals surface area contributed by atoms with Crippen molar-refractivity contribution in [3.8, 4) is 33.4 Å². The minimum absolute atomic E-state index is 0.297. The summed E-state index contributed by atoms with van der Waals surface area (Å²) in [6.07, 6.45) is 0. The Kier molecular flexibility index (Phi) is 3.71. The van der Waals surface area contributed by atoms with E-state index >= 15 is 0 Å². The lowest BCUT2D eigenvalue weighted by molar-refractivity contribution is 0.795. The Morgan fingerprint density at radius 2 is 0.909 bits per heavy atom. The van der Waals surface area contributed by atoms with Gasteiger partial charge in [0.15, 0.2) is 0 Å². The van der Waals surface area contributed by atoms with Gasteiger partial charge in [-0.1, -0.05) is 109 Å². The second-order valence-corrected chi connectivity index (χ2v) is 9.41. The third kappa shape index (κ3) is 2.26. The van der Waals surface area contributed by atoms with Crippen LogP contribution in [-0.2, 0) is 5.41 Å². The molecule has 0 radical (unpaired) electrons. The van der Waals surface area contributed by atoms with Crippen LogP contribution in [0.4, 0.5) is 0 Å². The first-order chi connectivity index (χ1) is 16.2. The molecule has 0 amide bonds. The highest BCUT2D eigenvalue weighted by atomic mass is 14.5. The van der Waals surface area contributed by atoms with E-state index < -0.39 is 0 Å². The van der Waals surface area contributed by atoms with Crippen LogP contribution < -0.4 is 0 Å². The molecule has 0 N–H and O–H groups in total. The van der Waals surface area contributed by atoms with Crippen molar-refractivity contribution in [3.05, 3.63) is 143 Å². The number of hydrogen-bond donors (Lipinski definition) is 0. The summed E-state index contributed by atoms with van der Waals surface area (Å²) in [4.78, 5) is 0. The Morgan fingerprint density at radius 1 is 0.424 bits per heavy atom. The maximum Gasteiger partial charge on any atom is 0.0731 e. The smallest absolute Gasteiger partial charge is 0.0619 e. The van der Waals surface area contributed by atoms with Crippen molar-refractivity contribution >= 4 is 0 Å². The van der Waals surface area contributed by atoms with Crippen LogP contribution in [0.1, 0.15) is 33.4 Å². The first kappa shape index (κ1) is 18.7. The standard InChI is InChI=1S/C33H24/c1-21-18-19-23(20-22(21)2)24-13-9-14-28-27-12-5-8-17-31(27)33(32(24)28)29-15-6-3-10-25(29)26-11-4-7-16-30(26)33/h3-20H,1-2H3. The van der Waals surface area contributed by atoms with Gasteiger partial charge in [-0.2, -0.15) is 0 Å². The molecule has 2 aliphatic rings. The zero-order chi connectivity index (χ0) is 22.2. The van der Waals surface area contributed by atoms with Crippen LogP contribution in [-0.4, -0.2) is 0 Å². The van der Waals surface area contributed by atoms with E-state index in [9.17, 15) is 0 Å². The highest BCUT2D eigenvalue weighted by Crippen LogP contribution is 2.64. The van der Waals surface area contributed by atoms with Gasteiger partial charge in [-0.25, -0.2) is 0 Å². The number of rotatable bonds is 1. The second-order valence-electron chi connectivity index (χ2n) is 9.41. The molecule has 0 fully saturated rings. The van der Waals surface area contributed by atoms with Crippen LogP contribution in [0.3, 0.4) is 0 Å². The molecular weight excluding hydrogens is 396 g/mol. The molecule has 0 atom stereocenters. The Morgan fingerprint density at radius 3 is 1.48 bits per heavy atom. The van der Waals surface area contributed by atoms with Crippen LogP contribution >= 0.6 is 0 Å². The molecule has 0 heteroatoms. The molecule has 0 saturated carbocycles. The normalized spacial score (nSPS) is 14.0. The lowest BCUT2D eigenvalue weighted by Gasteiger charge is -2.32. The van der Waals surface area contributed by atoms with Gasteiger partial charge in [0.2, 0.25) is 0 Å². The summed E-state index contributed by atoms with van der Waals surface area (Å²) in [5.41, 5.74) is 16.0. The summed E-state index contributed by atoms with van der Waals surface area (Å²) in [6.45, 7) is 4.40. The average molecular weight is 421 g/mol.